The first-order valence-corrected chi connectivity index (χ1v) is 28.7. The van der Waals surface area contributed by atoms with E-state index >= 15 is 0 Å². The number of carbonyl (C=O) groups is 1. The maximum Gasteiger partial charge on any atom is 0.302 e. The third kappa shape index (κ3) is 11.8. The highest BCUT2D eigenvalue weighted by Crippen LogP contribution is 2.76. The minimum atomic E-state index is -1.85. The number of hydrogen-bond acceptors (Lipinski definition) is 23. The fourth-order valence-corrected chi connectivity index (χ4v) is 16.4. The van der Waals surface area contributed by atoms with E-state index in [4.69, 9.17) is 42.6 Å². The summed E-state index contributed by atoms with van der Waals surface area (Å²) in [5, 5.41) is 143. The maximum atomic E-state index is 12.9. The Labute approximate surface area is 463 Å². The van der Waals surface area contributed by atoms with Crippen molar-refractivity contribution in [1.29, 1.82) is 0 Å². The second kappa shape index (κ2) is 24.4. The highest BCUT2D eigenvalue weighted by molar-refractivity contribution is 5.65. The predicted octanol–water partition coefficient (Wildman–Crippen LogP) is -0.603. The molecule has 0 amide bonds. The fraction of sp³-hybridized carbons (Fsp3) is 0.946. The number of aliphatic hydroxyl groups excluding tert-OH is 13. The van der Waals surface area contributed by atoms with Gasteiger partial charge in [-0.05, 0) is 130 Å². The first kappa shape index (κ1) is 63.4. The van der Waals surface area contributed by atoms with Crippen LogP contribution in [-0.2, 0) is 47.4 Å². The smallest absolute Gasteiger partial charge is 0.302 e. The van der Waals surface area contributed by atoms with Gasteiger partial charge < -0.3 is 109 Å². The van der Waals surface area contributed by atoms with E-state index in [2.05, 4.69) is 40.7 Å². The summed E-state index contributed by atoms with van der Waals surface area (Å²) in [6.07, 6.45) is -22.1. The number of esters is 1. The SMILES string of the molecule is CC(=O)OCC1OC(OC2C(OC3CCC4(C)C(CCC5(C)C4CC(O)C4C(C(C)(CCCC=C(C)C)OC6OC(COC7OCC(O)C(O)C7O)C(O)C(O)C6O)CCC45C)C3(C)C)OC(CO)C(O)C2O)C(O)C(O)C1O. The van der Waals surface area contributed by atoms with Gasteiger partial charge in [-0.1, -0.05) is 46.3 Å². The standard InChI is InChI=1S/C56H94O23/c1-25(2)12-10-11-16-56(9,79-50-46(70)42(66)40(64)32(76-50)24-73-48-44(68)37(61)29(60)22-72-48)27-13-18-55(8)36(27)28(59)20-34-53(6)17-15-35(52(4,5)33(53)14-19-54(34,55)7)77-51-47(43(67)38(62)30(21-57)74-51)78-49-45(69)41(65)39(63)31(75-49)23-71-26(3)58/h12,27-51,57,59-70H,10-11,13-24H2,1-9H3. The molecule has 4 saturated heterocycles. The topological polar surface area (TPSA) is 363 Å². The van der Waals surface area contributed by atoms with Crippen LogP contribution in [0.25, 0.3) is 0 Å². The minimum absolute atomic E-state index is 0.0348. The zero-order valence-corrected chi connectivity index (χ0v) is 47.3. The van der Waals surface area contributed by atoms with Crippen LogP contribution in [0.5, 0.6) is 0 Å². The molecule has 0 aromatic heterocycles. The molecule has 0 aromatic rings. The van der Waals surface area contributed by atoms with Crippen molar-refractivity contribution in [3.05, 3.63) is 11.6 Å². The average molecular weight is 1140 g/mol. The Morgan fingerprint density at radius 1 is 0.620 bits per heavy atom. The second-order valence-corrected chi connectivity index (χ2v) is 26.3. The Balaban J connectivity index is 1.01. The summed E-state index contributed by atoms with van der Waals surface area (Å²) in [6, 6.07) is 0. The first-order valence-electron chi connectivity index (χ1n) is 28.7. The van der Waals surface area contributed by atoms with E-state index in [-0.39, 0.29) is 41.1 Å². The Morgan fingerprint density at radius 3 is 1.86 bits per heavy atom. The lowest BCUT2D eigenvalue weighted by molar-refractivity contribution is -0.378. The summed E-state index contributed by atoms with van der Waals surface area (Å²) < 4.78 is 54.2. The summed E-state index contributed by atoms with van der Waals surface area (Å²) in [5.41, 5.74) is -1.47. The van der Waals surface area contributed by atoms with Crippen LogP contribution in [0.3, 0.4) is 0 Å². The molecule has 8 rings (SSSR count). The Hall–Kier alpha value is -1.63. The van der Waals surface area contributed by atoms with Crippen LogP contribution in [0.4, 0.5) is 0 Å². The molecule has 456 valence electrons. The highest BCUT2D eigenvalue weighted by Gasteiger charge is 2.72. The van der Waals surface area contributed by atoms with Gasteiger partial charge in [0.15, 0.2) is 25.2 Å². The molecule has 79 heavy (non-hydrogen) atoms. The number of fused-ring (bicyclic) bond motifs is 5. The van der Waals surface area contributed by atoms with E-state index in [0.29, 0.717) is 38.5 Å². The van der Waals surface area contributed by atoms with E-state index in [1.54, 1.807) is 0 Å². The summed E-state index contributed by atoms with van der Waals surface area (Å²) in [7, 11) is 0. The van der Waals surface area contributed by atoms with Crippen molar-refractivity contribution in [2.75, 3.05) is 26.4 Å². The zero-order chi connectivity index (χ0) is 58.1. The number of aliphatic hydroxyl groups is 13. The second-order valence-electron chi connectivity index (χ2n) is 26.3. The van der Waals surface area contributed by atoms with Crippen LogP contribution in [0.15, 0.2) is 11.6 Å². The molecule has 0 aromatic carbocycles. The third-order valence-electron chi connectivity index (χ3n) is 21.0. The van der Waals surface area contributed by atoms with Crippen molar-refractivity contribution in [2.45, 2.75) is 261 Å². The van der Waals surface area contributed by atoms with Crippen molar-refractivity contribution < 1.29 is 114 Å². The van der Waals surface area contributed by atoms with Gasteiger partial charge in [-0.25, -0.2) is 0 Å². The summed E-state index contributed by atoms with van der Waals surface area (Å²) in [5.74, 6) is -1.10. The molecular weight excluding hydrogens is 1040 g/mol. The van der Waals surface area contributed by atoms with Crippen molar-refractivity contribution in [3.63, 3.8) is 0 Å². The van der Waals surface area contributed by atoms with Crippen LogP contribution in [0.2, 0.25) is 0 Å². The summed E-state index contributed by atoms with van der Waals surface area (Å²) in [6.45, 7) is 16.6. The lowest BCUT2D eigenvalue weighted by Crippen LogP contribution is -2.68. The van der Waals surface area contributed by atoms with Gasteiger partial charge in [-0.2, -0.15) is 0 Å². The molecule has 0 spiro atoms. The van der Waals surface area contributed by atoms with E-state index in [0.717, 1.165) is 38.2 Å². The van der Waals surface area contributed by atoms with Crippen LogP contribution in [0, 0.1) is 45.3 Å². The van der Waals surface area contributed by atoms with Crippen LogP contribution >= 0.6 is 0 Å². The lowest BCUT2D eigenvalue weighted by atomic mass is 9.35. The number of unbranched alkanes of at least 4 members (excludes halogenated alkanes) is 1. The molecule has 4 heterocycles. The Bertz CT molecular complexity index is 2080. The summed E-state index contributed by atoms with van der Waals surface area (Å²) in [4.78, 5) is 11.6. The van der Waals surface area contributed by atoms with Gasteiger partial charge >= 0.3 is 5.97 Å². The molecule has 23 nitrogen and oxygen atoms in total. The van der Waals surface area contributed by atoms with E-state index < -0.39 is 171 Å². The quantitative estimate of drug-likeness (QED) is 0.0374. The van der Waals surface area contributed by atoms with Crippen LogP contribution < -0.4 is 0 Å². The molecule has 29 unspecified atom stereocenters. The van der Waals surface area contributed by atoms with Crippen molar-refractivity contribution in [2.24, 2.45) is 45.3 Å². The molecule has 0 radical (unpaired) electrons. The monoisotopic (exact) mass is 1130 g/mol. The fourth-order valence-electron chi connectivity index (χ4n) is 16.4. The number of hydrogen-bond donors (Lipinski definition) is 13. The molecule has 23 heteroatoms. The maximum absolute atomic E-state index is 12.9. The van der Waals surface area contributed by atoms with Gasteiger partial charge in [0.05, 0.1) is 37.6 Å². The molecular formula is C56H94O23. The van der Waals surface area contributed by atoms with E-state index in [9.17, 15) is 71.2 Å². The van der Waals surface area contributed by atoms with Crippen molar-refractivity contribution in [3.8, 4) is 0 Å². The summed E-state index contributed by atoms with van der Waals surface area (Å²) >= 11 is 0. The van der Waals surface area contributed by atoms with Crippen molar-refractivity contribution in [1.82, 2.24) is 0 Å². The number of rotatable bonds is 17. The first-order chi connectivity index (χ1) is 36.9. The van der Waals surface area contributed by atoms with Gasteiger partial charge in [-0.15, -0.1) is 0 Å². The lowest BCUT2D eigenvalue weighted by Gasteiger charge is -2.71. The predicted molar refractivity (Wildman–Crippen MR) is 274 cm³/mol. The molecule has 8 aliphatic rings. The molecule has 29 atom stereocenters. The normalized spacial score (nSPS) is 50.6. The highest BCUT2D eigenvalue weighted by atomic mass is 16.8. The largest absolute Gasteiger partial charge is 0.463 e. The van der Waals surface area contributed by atoms with Gasteiger partial charge in [0, 0.05) is 6.92 Å². The minimum Gasteiger partial charge on any atom is -0.463 e. The number of carbonyl (C=O) groups excluding carboxylic acids is 1. The molecule has 0 bridgehead atoms. The molecule has 8 fully saturated rings. The Kier molecular flexibility index (Phi) is 19.6. The van der Waals surface area contributed by atoms with Gasteiger partial charge in [-0.3, -0.25) is 4.79 Å². The molecule has 13 N–H and O–H groups in total. The van der Waals surface area contributed by atoms with Crippen molar-refractivity contribution >= 4 is 5.97 Å². The van der Waals surface area contributed by atoms with Gasteiger partial charge in [0.2, 0.25) is 0 Å². The van der Waals surface area contributed by atoms with E-state index in [1.807, 2.05) is 20.8 Å². The zero-order valence-electron chi connectivity index (χ0n) is 47.3. The van der Waals surface area contributed by atoms with Gasteiger partial charge in [0.25, 0.3) is 0 Å². The van der Waals surface area contributed by atoms with Crippen LogP contribution in [-0.4, -0.2) is 233 Å². The van der Waals surface area contributed by atoms with Gasteiger partial charge in [0.1, 0.15) is 98.2 Å². The number of ether oxygens (including phenoxy) is 9. The molecule has 4 saturated carbocycles. The van der Waals surface area contributed by atoms with E-state index in [1.165, 1.54) is 0 Å². The third-order valence-corrected chi connectivity index (χ3v) is 21.0. The van der Waals surface area contributed by atoms with Crippen LogP contribution in [0.1, 0.15) is 127 Å². The number of allylic oxidation sites excluding steroid dienone is 2. The molecule has 4 aliphatic carbocycles. The molecule has 4 aliphatic heterocycles. The average Bonchev–Trinajstić information content (AvgIpc) is 3.90. The Morgan fingerprint density at radius 2 is 1.22 bits per heavy atom.